The monoisotopic (exact) mass is 918 g/mol. The third-order valence-corrected chi connectivity index (χ3v) is 11.6. The molecule has 0 fully saturated rings. The third-order valence-electron chi connectivity index (χ3n) is 8.39. The van der Waals surface area contributed by atoms with Crippen molar-refractivity contribution in [2.45, 2.75) is 99.9 Å². The molecule has 3 rings (SSSR count). The van der Waals surface area contributed by atoms with Crippen LogP contribution in [-0.2, 0) is 8.98 Å². The Morgan fingerprint density at radius 1 is 0.407 bits per heavy atom. The number of hydrogen-bond acceptors (Lipinski definition) is 2. The second kappa shape index (κ2) is 14.8. The van der Waals surface area contributed by atoms with Gasteiger partial charge in [0, 0.05) is 14.7 Å². The average Bonchev–Trinajstić information content (AvgIpc) is 3.13. The second-order valence-electron chi connectivity index (χ2n) is 12.5. The molecule has 3 aromatic carbocycles. The normalized spacial score (nSPS) is 15.4. The van der Waals surface area contributed by atoms with E-state index in [-0.39, 0.29) is 5.92 Å². The maximum Gasteiger partial charge on any atom is 0.460 e. The van der Waals surface area contributed by atoms with Crippen molar-refractivity contribution in [1.82, 2.24) is 0 Å². The molecule has 0 unspecified atom stereocenters. The van der Waals surface area contributed by atoms with Gasteiger partial charge in [0.25, 0.3) is 0 Å². The van der Waals surface area contributed by atoms with E-state index < -0.39 is 96.4 Å². The molecule has 0 aromatic heterocycles. The van der Waals surface area contributed by atoms with Gasteiger partial charge in [0.1, 0.15) is 0 Å². The molecule has 0 radical (unpaired) electrons. The molecule has 0 aliphatic heterocycles. The Kier molecular flexibility index (Phi) is 12.3. The molecular formula is C33H21F23O2S. The summed E-state index contributed by atoms with van der Waals surface area (Å²) in [6, 6.07) is 15.2. The Morgan fingerprint density at radius 3 is 0.966 bits per heavy atom. The summed E-state index contributed by atoms with van der Waals surface area (Å²) in [5.74, 6) is -94.8. The van der Waals surface area contributed by atoms with E-state index in [1.54, 1.807) is 13.8 Å². The van der Waals surface area contributed by atoms with Crippen LogP contribution >= 0.6 is 10.3 Å². The standard InChI is InChI=1S/C33H21F23O2S/c1-17(2)18-13-15-21(16-14-18)59(19-9-5-3-6-10-19,20-11-7-4-8-12-20)58-22(57)23(34,35)24(36,37)25(38,39)26(40,41)27(42,43)28(44,45)29(46,47)30(48,49)31(50,51)32(52,53)33(54,55)56/h3-17H,1-2H3. The van der Waals surface area contributed by atoms with Crippen LogP contribution in [0.1, 0.15) is 25.3 Å². The van der Waals surface area contributed by atoms with Gasteiger partial charge in [-0.15, -0.1) is 0 Å². The predicted octanol–water partition coefficient (Wildman–Crippen LogP) is 13.5. The molecule has 0 N–H and O–H groups in total. The molecule has 0 bridgehead atoms. The minimum atomic E-state index is -9.56. The Hall–Kier alpha value is -4.13. The number of hydrogen-bond donors (Lipinski definition) is 0. The van der Waals surface area contributed by atoms with Gasteiger partial charge >= 0.3 is 71.4 Å². The van der Waals surface area contributed by atoms with Crippen LogP contribution in [-0.4, -0.2) is 71.4 Å². The van der Waals surface area contributed by atoms with Crippen molar-refractivity contribution < 1.29 is 110 Å². The van der Waals surface area contributed by atoms with Gasteiger partial charge < -0.3 is 4.18 Å². The summed E-state index contributed by atoms with van der Waals surface area (Å²) in [7, 11) is -4.38. The molecule has 0 atom stereocenters. The van der Waals surface area contributed by atoms with Gasteiger partial charge in [-0.1, -0.05) is 62.4 Å². The fraction of sp³-hybridized carbons (Fsp3) is 0.424. The highest BCUT2D eigenvalue weighted by atomic mass is 32.3. The zero-order valence-corrected chi connectivity index (χ0v) is 29.4. The van der Waals surface area contributed by atoms with Crippen LogP contribution in [0, 0.1) is 0 Å². The molecule has 26 heteroatoms. The van der Waals surface area contributed by atoms with Crippen molar-refractivity contribution in [2.75, 3.05) is 0 Å². The Labute approximate surface area is 316 Å². The van der Waals surface area contributed by atoms with Crippen LogP contribution < -0.4 is 0 Å². The lowest BCUT2D eigenvalue weighted by atomic mass is 9.85. The number of carbonyl (C=O) groups excluding carboxylic acids is 1. The van der Waals surface area contributed by atoms with Gasteiger partial charge in [0.15, 0.2) is 0 Å². The Bertz CT molecular complexity index is 1900. The van der Waals surface area contributed by atoms with E-state index in [1.165, 1.54) is 24.3 Å². The lowest BCUT2D eigenvalue weighted by Crippen LogP contribution is -2.78. The van der Waals surface area contributed by atoms with Crippen LogP contribution in [0.25, 0.3) is 0 Å². The van der Waals surface area contributed by atoms with Crippen LogP contribution in [0.5, 0.6) is 0 Å². The highest BCUT2D eigenvalue weighted by Gasteiger charge is 2.99. The number of alkyl halides is 23. The summed E-state index contributed by atoms with van der Waals surface area (Å²) in [4.78, 5) is 11.6. The van der Waals surface area contributed by atoms with Gasteiger partial charge in [-0.05, 0) is 58.2 Å². The average molecular weight is 919 g/mol. The summed E-state index contributed by atoms with van der Waals surface area (Å²) in [6.07, 6.45) is -8.16. The van der Waals surface area contributed by atoms with Gasteiger partial charge in [0.2, 0.25) is 0 Å². The Morgan fingerprint density at radius 2 is 0.678 bits per heavy atom. The van der Waals surface area contributed by atoms with Crippen molar-refractivity contribution in [3.63, 3.8) is 0 Å². The first-order valence-corrected chi connectivity index (χ1v) is 16.9. The zero-order chi connectivity index (χ0) is 46.1. The van der Waals surface area contributed by atoms with Gasteiger partial charge in [-0.3, -0.25) is 0 Å². The van der Waals surface area contributed by atoms with E-state index in [0.29, 0.717) is 5.56 Å². The number of rotatable bonds is 15. The zero-order valence-electron chi connectivity index (χ0n) is 28.6. The summed E-state index contributed by atoms with van der Waals surface area (Å²) in [6.45, 7) is 3.24. The highest BCUT2D eigenvalue weighted by molar-refractivity contribution is 8.30. The largest absolute Gasteiger partial charge is 0.460 e. The minimum Gasteiger partial charge on any atom is -0.397 e. The van der Waals surface area contributed by atoms with Crippen molar-refractivity contribution in [2.24, 2.45) is 0 Å². The molecule has 3 aromatic rings. The molecule has 59 heavy (non-hydrogen) atoms. The molecule has 2 nitrogen and oxygen atoms in total. The molecule has 0 aliphatic carbocycles. The van der Waals surface area contributed by atoms with Gasteiger partial charge in [0.05, 0.1) is 0 Å². The quantitative estimate of drug-likeness (QED) is 0.142. The van der Waals surface area contributed by atoms with Crippen molar-refractivity contribution >= 4 is 16.3 Å². The molecule has 0 aliphatic rings. The van der Waals surface area contributed by atoms with Crippen molar-refractivity contribution in [1.29, 1.82) is 0 Å². The summed E-state index contributed by atoms with van der Waals surface area (Å²) in [5, 5.41) is 0. The topological polar surface area (TPSA) is 26.3 Å². The van der Waals surface area contributed by atoms with Gasteiger partial charge in [-0.2, -0.15) is 101 Å². The van der Waals surface area contributed by atoms with E-state index in [1.807, 2.05) is 0 Å². The molecule has 0 saturated heterocycles. The molecular weight excluding hydrogens is 897 g/mol. The van der Waals surface area contributed by atoms with E-state index in [2.05, 4.69) is 0 Å². The van der Waals surface area contributed by atoms with E-state index in [0.717, 1.165) is 60.7 Å². The van der Waals surface area contributed by atoms with Crippen LogP contribution in [0.3, 0.4) is 0 Å². The summed E-state index contributed by atoms with van der Waals surface area (Å²) in [5.41, 5.74) is 0.451. The van der Waals surface area contributed by atoms with E-state index in [9.17, 15) is 88.2 Å². The highest BCUT2D eigenvalue weighted by Crippen LogP contribution is 2.71. The molecule has 0 heterocycles. The van der Waals surface area contributed by atoms with Gasteiger partial charge in [-0.25, -0.2) is 4.79 Å². The number of halogens is 23. The first-order valence-electron chi connectivity index (χ1n) is 15.4. The van der Waals surface area contributed by atoms with E-state index >= 15 is 17.6 Å². The SMILES string of the molecule is CC(C)c1ccc(S(OC(=O)C(F)(F)C(F)(F)C(F)(F)C(F)(F)C(F)(F)C(F)(F)C(F)(F)C(F)(F)C(F)(F)C(F)(F)C(F)(F)F)(c2ccccc2)c2ccccc2)cc1. The second-order valence-corrected chi connectivity index (χ2v) is 15.2. The number of benzene rings is 3. The molecule has 332 valence electrons. The van der Waals surface area contributed by atoms with Crippen LogP contribution in [0.15, 0.2) is 99.6 Å². The fourth-order valence-electron chi connectivity index (χ4n) is 4.87. The minimum absolute atomic E-state index is 0.301. The lowest BCUT2D eigenvalue weighted by molar-refractivity contribution is -0.477. The molecule has 0 saturated carbocycles. The van der Waals surface area contributed by atoms with E-state index in [4.69, 9.17) is 4.18 Å². The first kappa shape index (κ1) is 49.2. The maximum absolute atomic E-state index is 15.4. The summed E-state index contributed by atoms with van der Waals surface area (Å²) >= 11 is 0. The van der Waals surface area contributed by atoms with Crippen LogP contribution in [0.2, 0.25) is 0 Å². The third kappa shape index (κ3) is 6.91. The number of carbonyl (C=O) groups is 1. The smallest absolute Gasteiger partial charge is 0.397 e. The first-order chi connectivity index (χ1) is 26.2. The van der Waals surface area contributed by atoms with Crippen LogP contribution in [0.4, 0.5) is 101 Å². The maximum atomic E-state index is 15.4. The molecule has 0 spiro atoms. The van der Waals surface area contributed by atoms with Crippen molar-refractivity contribution in [3.05, 3.63) is 90.5 Å². The predicted molar refractivity (Wildman–Crippen MR) is 157 cm³/mol. The molecule has 0 amide bonds. The Balaban J connectivity index is 2.25. The fourth-order valence-corrected chi connectivity index (χ4v) is 7.91. The lowest BCUT2D eigenvalue weighted by Gasteiger charge is -2.45. The van der Waals surface area contributed by atoms with Crippen molar-refractivity contribution in [3.8, 4) is 0 Å². The summed E-state index contributed by atoms with van der Waals surface area (Å²) < 4.78 is 328.